The molecule has 0 aliphatic carbocycles. The SMILES string of the molecule is CCOC(=O)c1sc(NC(=O)c2ccc(F)cc2F)c(C#N)c1C. The molecule has 2 aromatic rings. The number of hydrogen-bond donors (Lipinski definition) is 1. The third-order valence-corrected chi connectivity index (χ3v) is 4.31. The molecule has 1 N–H and O–H groups in total. The smallest absolute Gasteiger partial charge is 0.348 e. The molecule has 1 aromatic heterocycles. The van der Waals surface area contributed by atoms with Crippen LogP contribution in [0.2, 0.25) is 0 Å². The molecule has 0 aliphatic rings. The number of nitriles is 1. The summed E-state index contributed by atoms with van der Waals surface area (Å²) in [5, 5.41) is 11.7. The molecule has 1 aromatic carbocycles. The first-order valence-electron chi connectivity index (χ1n) is 6.86. The van der Waals surface area contributed by atoms with Crippen LogP contribution in [0, 0.1) is 29.9 Å². The van der Waals surface area contributed by atoms with Crippen LogP contribution >= 0.6 is 11.3 Å². The second-order valence-corrected chi connectivity index (χ2v) is 5.69. The van der Waals surface area contributed by atoms with Crippen molar-refractivity contribution in [3.8, 4) is 6.07 Å². The lowest BCUT2D eigenvalue weighted by molar-refractivity contribution is 0.0531. The van der Waals surface area contributed by atoms with Crippen LogP contribution in [0.3, 0.4) is 0 Å². The molecular formula is C16H12F2N2O3S. The van der Waals surface area contributed by atoms with E-state index in [-0.39, 0.29) is 27.6 Å². The van der Waals surface area contributed by atoms with E-state index in [2.05, 4.69) is 5.32 Å². The fourth-order valence-electron chi connectivity index (χ4n) is 1.97. The maximum absolute atomic E-state index is 13.7. The summed E-state index contributed by atoms with van der Waals surface area (Å²) in [6.45, 7) is 3.36. The zero-order valence-corrected chi connectivity index (χ0v) is 13.6. The Morgan fingerprint density at radius 2 is 2.08 bits per heavy atom. The van der Waals surface area contributed by atoms with Crippen molar-refractivity contribution in [1.29, 1.82) is 5.26 Å². The number of amides is 1. The Morgan fingerprint density at radius 3 is 2.67 bits per heavy atom. The van der Waals surface area contributed by atoms with Gasteiger partial charge in [-0.1, -0.05) is 0 Å². The molecule has 24 heavy (non-hydrogen) atoms. The Bertz CT molecular complexity index is 856. The molecular weight excluding hydrogens is 338 g/mol. The van der Waals surface area contributed by atoms with Crippen molar-refractivity contribution >= 4 is 28.2 Å². The van der Waals surface area contributed by atoms with Crippen LogP contribution < -0.4 is 5.32 Å². The maximum atomic E-state index is 13.7. The first-order valence-corrected chi connectivity index (χ1v) is 7.67. The summed E-state index contributed by atoms with van der Waals surface area (Å²) >= 11 is 0.865. The second-order valence-electron chi connectivity index (χ2n) is 4.67. The van der Waals surface area contributed by atoms with Crippen LogP contribution in [0.15, 0.2) is 18.2 Å². The molecule has 5 nitrogen and oxygen atoms in total. The Morgan fingerprint density at radius 1 is 1.38 bits per heavy atom. The van der Waals surface area contributed by atoms with Crippen LogP contribution in [0.5, 0.6) is 0 Å². The van der Waals surface area contributed by atoms with Gasteiger partial charge in [0.25, 0.3) is 5.91 Å². The number of anilines is 1. The van der Waals surface area contributed by atoms with Crippen molar-refractivity contribution in [1.82, 2.24) is 0 Å². The lowest BCUT2D eigenvalue weighted by atomic mass is 10.1. The van der Waals surface area contributed by atoms with Gasteiger partial charge in [-0.25, -0.2) is 13.6 Å². The van der Waals surface area contributed by atoms with Gasteiger partial charge in [-0.2, -0.15) is 5.26 Å². The molecule has 0 unspecified atom stereocenters. The number of rotatable bonds is 4. The average Bonchev–Trinajstić information content (AvgIpc) is 2.83. The molecule has 0 saturated heterocycles. The number of esters is 1. The lowest BCUT2D eigenvalue weighted by Gasteiger charge is -2.04. The largest absolute Gasteiger partial charge is 0.462 e. The highest BCUT2D eigenvalue weighted by atomic mass is 32.1. The summed E-state index contributed by atoms with van der Waals surface area (Å²) in [7, 11) is 0. The van der Waals surface area contributed by atoms with Gasteiger partial charge in [0.15, 0.2) is 0 Å². The number of benzene rings is 1. The molecule has 0 aliphatic heterocycles. The summed E-state index contributed by atoms with van der Waals surface area (Å²) in [6.07, 6.45) is 0. The molecule has 1 amide bonds. The first-order chi connectivity index (χ1) is 11.4. The van der Waals surface area contributed by atoms with Crippen molar-refractivity contribution in [3.63, 3.8) is 0 Å². The molecule has 0 spiro atoms. The van der Waals surface area contributed by atoms with Gasteiger partial charge in [0, 0.05) is 6.07 Å². The fourth-order valence-corrected chi connectivity index (χ4v) is 3.02. The molecule has 0 bridgehead atoms. The quantitative estimate of drug-likeness (QED) is 0.854. The minimum atomic E-state index is -1.02. The number of carbonyl (C=O) groups is 2. The van der Waals surface area contributed by atoms with Gasteiger partial charge < -0.3 is 10.1 Å². The van der Waals surface area contributed by atoms with Crippen LogP contribution in [-0.2, 0) is 4.74 Å². The average molecular weight is 350 g/mol. The van der Waals surface area contributed by atoms with E-state index in [1.165, 1.54) is 0 Å². The normalized spacial score (nSPS) is 10.1. The number of nitrogens with one attached hydrogen (secondary N) is 1. The van der Waals surface area contributed by atoms with Crippen molar-refractivity contribution in [2.24, 2.45) is 0 Å². The van der Waals surface area contributed by atoms with E-state index in [0.717, 1.165) is 23.5 Å². The lowest BCUT2D eigenvalue weighted by Crippen LogP contribution is -2.13. The Hall–Kier alpha value is -2.79. The van der Waals surface area contributed by atoms with Crippen molar-refractivity contribution in [3.05, 3.63) is 51.4 Å². The van der Waals surface area contributed by atoms with Gasteiger partial charge in [-0.05, 0) is 31.5 Å². The summed E-state index contributed by atoms with van der Waals surface area (Å²) in [5.74, 6) is -3.28. The van der Waals surface area contributed by atoms with E-state index in [1.54, 1.807) is 13.8 Å². The van der Waals surface area contributed by atoms with Gasteiger partial charge in [0.05, 0.1) is 17.7 Å². The molecule has 124 valence electrons. The zero-order chi connectivity index (χ0) is 17.9. The third-order valence-electron chi connectivity index (χ3n) is 3.12. The Kier molecular flexibility index (Phi) is 5.26. The van der Waals surface area contributed by atoms with Crippen molar-refractivity contribution in [2.75, 3.05) is 11.9 Å². The minimum Gasteiger partial charge on any atom is -0.462 e. The summed E-state index contributed by atoms with van der Waals surface area (Å²) < 4.78 is 31.5. The first kappa shape index (κ1) is 17.6. The predicted octanol–water partition coefficient (Wildman–Crippen LogP) is 3.64. The number of ether oxygens (including phenoxy) is 1. The predicted molar refractivity (Wildman–Crippen MR) is 84.0 cm³/mol. The molecule has 0 saturated carbocycles. The fraction of sp³-hybridized carbons (Fsp3) is 0.188. The van der Waals surface area contributed by atoms with Crippen molar-refractivity contribution in [2.45, 2.75) is 13.8 Å². The van der Waals surface area contributed by atoms with E-state index in [1.807, 2.05) is 6.07 Å². The van der Waals surface area contributed by atoms with Crippen LogP contribution in [0.4, 0.5) is 13.8 Å². The zero-order valence-electron chi connectivity index (χ0n) is 12.8. The van der Waals surface area contributed by atoms with E-state index in [4.69, 9.17) is 4.74 Å². The third kappa shape index (κ3) is 3.41. The molecule has 8 heteroatoms. The summed E-state index contributed by atoms with van der Waals surface area (Å²) in [6, 6.07) is 4.43. The Balaban J connectivity index is 2.35. The molecule has 0 fully saturated rings. The van der Waals surface area contributed by atoms with Crippen molar-refractivity contribution < 1.29 is 23.1 Å². The number of hydrogen-bond acceptors (Lipinski definition) is 5. The number of carbonyl (C=O) groups excluding carboxylic acids is 2. The van der Waals surface area contributed by atoms with Gasteiger partial charge >= 0.3 is 5.97 Å². The summed E-state index contributed by atoms with van der Waals surface area (Å²) in [4.78, 5) is 24.2. The van der Waals surface area contributed by atoms with Gasteiger partial charge in [-0.15, -0.1) is 11.3 Å². The topological polar surface area (TPSA) is 79.2 Å². The molecule has 1 heterocycles. The van der Waals surface area contributed by atoms with Gasteiger partial charge in [0.1, 0.15) is 27.6 Å². The highest BCUT2D eigenvalue weighted by Gasteiger charge is 2.23. The summed E-state index contributed by atoms with van der Waals surface area (Å²) in [5.41, 5.74) is 0.0961. The van der Waals surface area contributed by atoms with E-state index in [0.29, 0.717) is 11.6 Å². The minimum absolute atomic E-state index is 0.0962. The van der Waals surface area contributed by atoms with Crippen LogP contribution in [0.1, 0.15) is 38.1 Å². The molecule has 0 radical (unpaired) electrons. The second kappa shape index (κ2) is 7.19. The van der Waals surface area contributed by atoms with E-state index in [9.17, 15) is 23.6 Å². The highest BCUT2D eigenvalue weighted by Crippen LogP contribution is 2.33. The number of halogens is 2. The monoisotopic (exact) mass is 350 g/mol. The number of nitrogens with zero attached hydrogens (tertiary/aromatic N) is 1. The molecule has 2 rings (SSSR count). The van der Waals surface area contributed by atoms with Crippen LogP contribution in [0.25, 0.3) is 0 Å². The van der Waals surface area contributed by atoms with Gasteiger partial charge in [-0.3, -0.25) is 4.79 Å². The molecule has 0 atom stereocenters. The van der Waals surface area contributed by atoms with E-state index < -0.39 is 23.5 Å². The van der Waals surface area contributed by atoms with Gasteiger partial charge in [0.2, 0.25) is 0 Å². The standard InChI is InChI=1S/C16H12F2N2O3S/c1-3-23-16(22)13-8(2)11(7-19)15(24-13)20-14(21)10-5-4-9(17)6-12(10)18/h4-6H,3H2,1-2H3,(H,20,21). The van der Waals surface area contributed by atoms with E-state index >= 15 is 0 Å². The number of thiophene rings is 1. The van der Waals surface area contributed by atoms with Crippen LogP contribution in [-0.4, -0.2) is 18.5 Å². The maximum Gasteiger partial charge on any atom is 0.348 e. The Labute approximate surface area is 140 Å². The highest BCUT2D eigenvalue weighted by molar-refractivity contribution is 7.18.